The molecule has 0 fully saturated rings. The average Bonchev–Trinajstić information content (AvgIpc) is 2.56. The predicted molar refractivity (Wildman–Crippen MR) is 56.4 cm³/mol. The number of hydrogen-bond donors (Lipinski definition) is 3. The van der Waals surface area contributed by atoms with E-state index in [1.165, 1.54) is 22.7 Å². The number of aromatic hydroxyl groups is 1. The molecule has 2 heterocycles. The molecule has 6 heteroatoms. The van der Waals surface area contributed by atoms with Crippen molar-refractivity contribution in [1.29, 1.82) is 0 Å². The summed E-state index contributed by atoms with van der Waals surface area (Å²) in [5, 5.41) is 18.3. The second kappa shape index (κ2) is 3.49. The largest absolute Gasteiger partial charge is 0.506 e. The van der Waals surface area contributed by atoms with Gasteiger partial charge in [0.05, 0.1) is 17.8 Å². The summed E-state index contributed by atoms with van der Waals surface area (Å²) in [6, 6.07) is 2.49. The fourth-order valence-electron chi connectivity index (χ4n) is 1.58. The minimum Gasteiger partial charge on any atom is -0.506 e. The Morgan fingerprint density at radius 1 is 1.56 bits per heavy atom. The van der Waals surface area contributed by atoms with Gasteiger partial charge in [-0.15, -0.1) is 0 Å². The van der Waals surface area contributed by atoms with E-state index in [0.717, 1.165) is 0 Å². The van der Waals surface area contributed by atoms with E-state index in [0.29, 0.717) is 11.3 Å². The van der Waals surface area contributed by atoms with E-state index in [2.05, 4.69) is 4.98 Å². The van der Waals surface area contributed by atoms with Gasteiger partial charge in [-0.2, -0.15) is 0 Å². The molecule has 2 aromatic rings. The highest BCUT2D eigenvalue weighted by molar-refractivity contribution is 5.93. The molecule has 0 bridgehead atoms. The molecule has 1 atom stereocenters. The van der Waals surface area contributed by atoms with Gasteiger partial charge in [-0.1, -0.05) is 0 Å². The SMILES string of the molecule is CC(N)c1nc(C(=O)O)c2ccc(O)cn12. The lowest BCUT2D eigenvalue weighted by Crippen LogP contribution is -2.09. The lowest BCUT2D eigenvalue weighted by atomic mass is 10.3. The number of hydrogen-bond acceptors (Lipinski definition) is 4. The predicted octanol–water partition coefficient (Wildman–Crippen LogP) is 0.758. The Hall–Kier alpha value is -2.08. The van der Waals surface area contributed by atoms with Crippen LogP contribution in [0, 0.1) is 0 Å². The van der Waals surface area contributed by atoms with E-state index >= 15 is 0 Å². The Balaban J connectivity index is 2.81. The monoisotopic (exact) mass is 221 g/mol. The Kier molecular flexibility index (Phi) is 2.28. The van der Waals surface area contributed by atoms with Crippen molar-refractivity contribution < 1.29 is 15.0 Å². The molecule has 6 nitrogen and oxygen atoms in total. The molecule has 4 N–H and O–H groups in total. The van der Waals surface area contributed by atoms with Crippen molar-refractivity contribution in [3.05, 3.63) is 29.8 Å². The van der Waals surface area contributed by atoms with Gasteiger partial charge in [0.1, 0.15) is 11.6 Å². The lowest BCUT2D eigenvalue weighted by molar-refractivity contribution is 0.0693. The Bertz CT molecular complexity index is 560. The van der Waals surface area contributed by atoms with Crippen molar-refractivity contribution in [3.63, 3.8) is 0 Å². The standard InChI is InChI=1S/C10H11N3O3/c1-5(11)9-12-8(10(15)16)7-3-2-6(14)4-13(7)9/h2-5,14H,11H2,1H3,(H,15,16). The zero-order valence-electron chi connectivity index (χ0n) is 8.58. The lowest BCUT2D eigenvalue weighted by Gasteiger charge is -2.03. The van der Waals surface area contributed by atoms with Crippen LogP contribution in [0.5, 0.6) is 5.75 Å². The molecule has 0 amide bonds. The molecule has 0 aliphatic rings. The molecule has 0 spiro atoms. The van der Waals surface area contributed by atoms with Gasteiger partial charge in [0.15, 0.2) is 5.69 Å². The second-order valence-corrected chi connectivity index (χ2v) is 3.55. The number of nitrogens with two attached hydrogens (primary N) is 1. The minimum atomic E-state index is -1.12. The number of rotatable bonds is 2. The zero-order chi connectivity index (χ0) is 11.9. The first-order valence-electron chi connectivity index (χ1n) is 4.70. The van der Waals surface area contributed by atoms with Crippen LogP contribution >= 0.6 is 0 Å². The van der Waals surface area contributed by atoms with E-state index in [1.54, 1.807) is 6.92 Å². The van der Waals surface area contributed by atoms with Gasteiger partial charge in [0.25, 0.3) is 0 Å². The van der Waals surface area contributed by atoms with Crippen LogP contribution in [-0.2, 0) is 0 Å². The van der Waals surface area contributed by atoms with Gasteiger partial charge in [-0.05, 0) is 19.1 Å². The highest BCUT2D eigenvalue weighted by Crippen LogP contribution is 2.20. The van der Waals surface area contributed by atoms with Crippen molar-refractivity contribution in [2.75, 3.05) is 0 Å². The van der Waals surface area contributed by atoms with Gasteiger partial charge in [0, 0.05) is 0 Å². The maximum Gasteiger partial charge on any atom is 0.356 e. The molecule has 84 valence electrons. The van der Waals surface area contributed by atoms with Crippen LogP contribution in [0.3, 0.4) is 0 Å². The third-order valence-electron chi connectivity index (χ3n) is 2.26. The number of aromatic nitrogens is 2. The quantitative estimate of drug-likeness (QED) is 0.694. The maximum atomic E-state index is 11.0. The summed E-state index contributed by atoms with van der Waals surface area (Å²) in [6.07, 6.45) is 1.40. The van der Waals surface area contributed by atoms with Crippen LogP contribution < -0.4 is 5.73 Å². The highest BCUT2D eigenvalue weighted by Gasteiger charge is 2.18. The summed E-state index contributed by atoms with van der Waals surface area (Å²) < 4.78 is 1.49. The second-order valence-electron chi connectivity index (χ2n) is 3.55. The van der Waals surface area contributed by atoms with E-state index in [4.69, 9.17) is 10.8 Å². The van der Waals surface area contributed by atoms with Gasteiger partial charge < -0.3 is 15.9 Å². The number of imidazole rings is 1. The molecular formula is C10H11N3O3. The van der Waals surface area contributed by atoms with Crippen LogP contribution in [0.15, 0.2) is 18.3 Å². The number of carboxylic acid groups (broad SMARTS) is 1. The molecule has 2 aromatic heterocycles. The number of carbonyl (C=O) groups is 1. The van der Waals surface area contributed by atoms with Crippen LogP contribution in [0.1, 0.15) is 29.3 Å². The Morgan fingerprint density at radius 2 is 2.25 bits per heavy atom. The van der Waals surface area contributed by atoms with Crippen molar-refractivity contribution in [1.82, 2.24) is 9.38 Å². The summed E-state index contributed by atoms with van der Waals surface area (Å²) in [4.78, 5) is 14.9. The Labute approximate surface area is 91.0 Å². The molecular weight excluding hydrogens is 210 g/mol. The number of aromatic carboxylic acids is 1. The van der Waals surface area contributed by atoms with E-state index in [9.17, 15) is 9.90 Å². The fourth-order valence-corrected chi connectivity index (χ4v) is 1.58. The van der Waals surface area contributed by atoms with Gasteiger partial charge in [0.2, 0.25) is 0 Å². The van der Waals surface area contributed by atoms with Crippen molar-refractivity contribution in [3.8, 4) is 5.75 Å². The smallest absolute Gasteiger partial charge is 0.356 e. The summed E-state index contributed by atoms with van der Waals surface area (Å²) in [6.45, 7) is 1.70. The van der Waals surface area contributed by atoms with Crippen LogP contribution in [-0.4, -0.2) is 25.6 Å². The van der Waals surface area contributed by atoms with Crippen molar-refractivity contribution in [2.45, 2.75) is 13.0 Å². The van der Waals surface area contributed by atoms with E-state index in [1.807, 2.05) is 0 Å². The van der Waals surface area contributed by atoms with Crippen molar-refractivity contribution in [2.24, 2.45) is 5.73 Å². The van der Waals surface area contributed by atoms with Gasteiger partial charge in [-0.3, -0.25) is 4.40 Å². The normalized spacial score (nSPS) is 12.9. The minimum absolute atomic E-state index is 0.0312. The summed E-state index contributed by atoms with van der Waals surface area (Å²) in [5.74, 6) is -0.679. The average molecular weight is 221 g/mol. The summed E-state index contributed by atoms with van der Waals surface area (Å²) >= 11 is 0. The van der Waals surface area contributed by atoms with Crippen molar-refractivity contribution >= 4 is 11.5 Å². The number of nitrogens with zero attached hydrogens (tertiary/aromatic N) is 2. The highest BCUT2D eigenvalue weighted by atomic mass is 16.4. The molecule has 0 aromatic carbocycles. The Morgan fingerprint density at radius 3 is 2.81 bits per heavy atom. The summed E-state index contributed by atoms with van der Waals surface area (Å²) in [5.41, 5.74) is 6.04. The first-order valence-corrected chi connectivity index (χ1v) is 4.70. The number of carboxylic acids is 1. The van der Waals surface area contributed by atoms with Crippen LogP contribution in [0.25, 0.3) is 5.52 Å². The number of pyridine rings is 1. The molecule has 0 saturated carbocycles. The van der Waals surface area contributed by atoms with Crippen LogP contribution in [0.2, 0.25) is 0 Å². The third-order valence-corrected chi connectivity index (χ3v) is 2.26. The van der Waals surface area contributed by atoms with Gasteiger partial charge >= 0.3 is 5.97 Å². The van der Waals surface area contributed by atoms with E-state index < -0.39 is 12.0 Å². The third kappa shape index (κ3) is 1.49. The number of fused-ring (bicyclic) bond motifs is 1. The molecule has 2 rings (SSSR count). The molecule has 1 unspecified atom stereocenters. The molecule has 0 radical (unpaired) electrons. The maximum absolute atomic E-state index is 11.0. The topological polar surface area (TPSA) is 101 Å². The molecule has 0 saturated heterocycles. The molecule has 0 aliphatic heterocycles. The van der Waals surface area contributed by atoms with E-state index in [-0.39, 0.29) is 11.4 Å². The first-order chi connectivity index (χ1) is 7.50. The summed E-state index contributed by atoms with van der Waals surface area (Å²) in [7, 11) is 0. The van der Waals surface area contributed by atoms with Gasteiger partial charge in [-0.25, -0.2) is 9.78 Å². The zero-order valence-corrected chi connectivity index (χ0v) is 8.58. The fraction of sp³-hybridized carbons (Fsp3) is 0.200. The van der Waals surface area contributed by atoms with Crippen LogP contribution in [0.4, 0.5) is 0 Å². The first kappa shape index (κ1) is 10.4. The molecule has 16 heavy (non-hydrogen) atoms. The molecule has 0 aliphatic carbocycles.